The molecule has 1 rings (SSSR count). The summed E-state index contributed by atoms with van der Waals surface area (Å²) < 4.78 is 21.8. The summed E-state index contributed by atoms with van der Waals surface area (Å²) in [5, 5.41) is 3.91. The Morgan fingerprint density at radius 1 is 1.29 bits per heavy atom. The minimum atomic E-state index is -2.83. The molecule has 0 fully saturated rings. The molecule has 96 valence electrons. The highest BCUT2D eigenvalue weighted by atomic mass is 35.5. The first-order valence-electron chi connectivity index (χ1n) is 5.23. The Morgan fingerprint density at radius 2 is 2.00 bits per heavy atom. The minimum Gasteiger partial charge on any atom is -0.383 e. The van der Waals surface area contributed by atoms with Gasteiger partial charge in [-0.3, -0.25) is 0 Å². The molecule has 6 heteroatoms. The lowest BCUT2D eigenvalue weighted by Crippen LogP contribution is -2.08. The summed E-state index contributed by atoms with van der Waals surface area (Å²) in [5.74, 6) is 1.74. The second kappa shape index (κ2) is 7.13. The quantitative estimate of drug-likeness (QED) is 0.785. The standard InChI is InChI=1S/C11H16ClNO2S2/c1-17(14,15)9-8-16-7-6-13-11-5-3-2-4-10(11)12/h2-5,13H,6-9H2,1H3. The molecule has 0 bridgehead atoms. The highest BCUT2D eigenvalue weighted by Crippen LogP contribution is 2.20. The van der Waals surface area contributed by atoms with Crippen molar-refractivity contribution in [2.24, 2.45) is 0 Å². The van der Waals surface area contributed by atoms with Crippen molar-refractivity contribution >= 4 is 38.9 Å². The number of anilines is 1. The first-order chi connectivity index (χ1) is 7.99. The lowest BCUT2D eigenvalue weighted by atomic mass is 10.3. The lowest BCUT2D eigenvalue weighted by Gasteiger charge is -2.07. The highest BCUT2D eigenvalue weighted by Gasteiger charge is 2.01. The number of hydrogen-bond donors (Lipinski definition) is 1. The second-order valence-corrected chi connectivity index (χ2v) is 7.54. The summed E-state index contributed by atoms with van der Waals surface area (Å²) in [6, 6.07) is 7.56. The molecule has 0 saturated heterocycles. The molecule has 17 heavy (non-hydrogen) atoms. The summed E-state index contributed by atoms with van der Waals surface area (Å²) in [4.78, 5) is 0. The van der Waals surface area contributed by atoms with Crippen LogP contribution in [-0.4, -0.2) is 38.5 Å². The van der Waals surface area contributed by atoms with E-state index in [1.54, 1.807) is 11.8 Å². The maximum Gasteiger partial charge on any atom is 0.148 e. The van der Waals surface area contributed by atoms with Crippen LogP contribution in [0.3, 0.4) is 0 Å². The molecule has 0 aliphatic heterocycles. The summed E-state index contributed by atoms with van der Waals surface area (Å²) in [5.41, 5.74) is 0.915. The van der Waals surface area contributed by atoms with Gasteiger partial charge in [0.25, 0.3) is 0 Å². The van der Waals surface area contributed by atoms with Gasteiger partial charge in [0.2, 0.25) is 0 Å². The zero-order valence-corrected chi connectivity index (χ0v) is 12.0. The lowest BCUT2D eigenvalue weighted by molar-refractivity contribution is 0.603. The maximum absolute atomic E-state index is 10.9. The Bertz CT molecular complexity index is 449. The molecule has 0 spiro atoms. The summed E-state index contributed by atoms with van der Waals surface area (Å²) in [6.07, 6.45) is 1.26. The van der Waals surface area contributed by atoms with Crippen LogP contribution in [-0.2, 0) is 9.84 Å². The van der Waals surface area contributed by atoms with Crippen molar-refractivity contribution < 1.29 is 8.42 Å². The number of para-hydroxylation sites is 1. The van der Waals surface area contributed by atoms with Crippen LogP contribution in [0.5, 0.6) is 0 Å². The van der Waals surface area contributed by atoms with E-state index in [0.717, 1.165) is 18.0 Å². The summed E-state index contributed by atoms with van der Waals surface area (Å²) in [7, 11) is -2.83. The van der Waals surface area contributed by atoms with E-state index in [-0.39, 0.29) is 5.75 Å². The van der Waals surface area contributed by atoms with E-state index in [2.05, 4.69) is 5.32 Å². The third-order valence-corrected chi connectivity index (χ3v) is 4.55. The van der Waals surface area contributed by atoms with Crippen LogP contribution < -0.4 is 5.32 Å². The monoisotopic (exact) mass is 293 g/mol. The van der Waals surface area contributed by atoms with Gasteiger partial charge in [0.1, 0.15) is 9.84 Å². The Morgan fingerprint density at radius 3 is 2.65 bits per heavy atom. The second-order valence-electron chi connectivity index (χ2n) is 3.65. The predicted octanol–water partition coefficient (Wildman–Crippen LogP) is 2.53. The van der Waals surface area contributed by atoms with Gasteiger partial charge in [-0.05, 0) is 12.1 Å². The van der Waals surface area contributed by atoms with Gasteiger partial charge >= 0.3 is 0 Å². The first kappa shape index (κ1) is 14.7. The minimum absolute atomic E-state index is 0.240. The molecular formula is C11H16ClNO2S2. The molecule has 0 atom stereocenters. The third kappa shape index (κ3) is 6.81. The van der Waals surface area contributed by atoms with E-state index >= 15 is 0 Å². The van der Waals surface area contributed by atoms with E-state index in [0.29, 0.717) is 10.8 Å². The molecule has 0 aromatic heterocycles. The fraction of sp³-hybridized carbons (Fsp3) is 0.455. The summed E-state index contributed by atoms with van der Waals surface area (Å²) in [6.45, 7) is 0.776. The van der Waals surface area contributed by atoms with Gasteiger partial charge in [0.05, 0.1) is 16.5 Å². The predicted molar refractivity (Wildman–Crippen MR) is 77.0 cm³/mol. The maximum atomic E-state index is 10.9. The summed E-state index contributed by atoms with van der Waals surface area (Å²) >= 11 is 7.60. The van der Waals surface area contributed by atoms with Crippen molar-refractivity contribution in [3.05, 3.63) is 29.3 Å². The smallest absolute Gasteiger partial charge is 0.148 e. The van der Waals surface area contributed by atoms with Gasteiger partial charge in [-0.15, -0.1) is 0 Å². The van der Waals surface area contributed by atoms with Crippen LogP contribution in [0, 0.1) is 0 Å². The average Bonchev–Trinajstić information content (AvgIpc) is 2.24. The van der Waals surface area contributed by atoms with Crippen LogP contribution in [0.25, 0.3) is 0 Å². The molecule has 0 unspecified atom stereocenters. The fourth-order valence-corrected chi connectivity index (χ4v) is 3.51. The number of sulfone groups is 1. The molecule has 1 aromatic rings. The molecule has 0 saturated carbocycles. The molecular weight excluding hydrogens is 278 g/mol. The molecule has 0 radical (unpaired) electrons. The number of nitrogens with one attached hydrogen (secondary N) is 1. The van der Waals surface area contributed by atoms with Crippen molar-refractivity contribution in [1.29, 1.82) is 0 Å². The molecule has 0 heterocycles. The van der Waals surface area contributed by atoms with Crippen LogP contribution in [0.4, 0.5) is 5.69 Å². The SMILES string of the molecule is CS(=O)(=O)CCSCCNc1ccccc1Cl. The zero-order chi connectivity index (χ0) is 12.7. The molecule has 0 aliphatic carbocycles. The van der Waals surface area contributed by atoms with Gasteiger partial charge in [-0.1, -0.05) is 23.7 Å². The van der Waals surface area contributed by atoms with E-state index in [9.17, 15) is 8.42 Å². The van der Waals surface area contributed by atoms with E-state index in [1.165, 1.54) is 6.26 Å². The van der Waals surface area contributed by atoms with E-state index in [4.69, 9.17) is 11.6 Å². The third-order valence-electron chi connectivity index (χ3n) is 2.03. The average molecular weight is 294 g/mol. The number of rotatable bonds is 7. The van der Waals surface area contributed by atoms with Gasteiger partial charge in [0.15, 0.2) is 0 Å². The van der Waals surface area contributed by atoms with E-state index in [1.807, 2.05) is 24.3 Å². The van der Waals surface area contributed by atoms with E-state index < -0.39 is 9.84 Å². The van der Waals surface area contributed by atoms with Crippen molar-refractivity contribution in [3.63, 3.8) is 0 Å². The first-order valence-corrected chi connectivity index (χ1v) is 8.82. The van der Waals surface area contributed by atoms with Gasteiger partial charge < -0.3 is 5.32 Å². The largest absolute Gasteiger partial charge is 0.383 e. The van der Waals surface area contributed by atoms with Crippen LogP contribution in [0.2, 0.25) is 5.02 Å². The number of benzene rings is 1. The zero-order valence-electron chi connectivity index (χ0n) is 9.65. The van der Waals surface area contributed by atoms with Crippen molar-refractivity contribution in [2.45, 2.75) is 0 Å². The van der Waals surface area contributed by atoms with Crippen molar-refractivity contribution in [1.82, 2.24) is 0 Å². The van der Waals surface area contributed by atoms with Crippen molar-refractivity contribution in [2.75, 3.05) is 35.4 Å². The number of thioether (sulfide) groups is 1. The Labute approximate surface area is 112 Å². The molecule has 3 nitrogen and oxygen atoms in total. The molecule has 1 N–H and O–H groups in total. The van der Waals surface area contributed by atoms with Crippen LogP contribution >= 0.6 is 23.4 Å². The normalized spacial score (nSPS) is 11.4. The number of hydrogen-bond acceptors (Lipinski definition) is 4. The van der Waals surface area contributed by atoms with Crippen LogP contribution in [0.1, 0.15) is 0 Å². The molecule has 1 aromatic carbocycles. The number of halogens is 1. The van der Waals surface area contributed by atoms with Gasteiger partial charge in [-0.2, -0.15) is 11.8 Å². The molecule has 0 aliphatic rings. The Hall–Kier alpha value is -0.390. The van der Waals surface area contributed by atoms with Crippen LogP contribution in [0.15, 0.2) is 24.3 Å². The molecule has 0 amide bonds. The Balaban J connectivity index is 2.15. The van der Waals surface area contributed by atoms with Crippen molar-refractivity contribution in [3.8, 4) is 0 Å². The fourth-order valence-electron chi connectivity index (χ4n) is 1.17. The van der Waals surface area contributed by atoms with Gasteiger partial charge in [-0.25, -0.2) is 8.42 Å². The Kier molecular flexibility index (Phi) is 6.16. The highest BCUT2D eigenvalue weighted by molar-refractivity contribution is 8.00. The van der Waals surface area contributed by atoms with Gasteiger partial charge in [0, 0.05) is 24.3 Å². The topological polar surface area (TPSA) is 46.2 Å².